The van der Waals surface area contributed by atoms with E-state index in [4.69, 9.17) is 11.6 Å². The molecule has 0 fully saturated rings. The zero-order valence-electron chi connectivity index (χ0n) is 7.84. The minimum absolute atomic E-state index is 0.774. The number of nitrogens with zero attached hydrogens (tertiary/aromatic N) is 1. The Morgan fingerprint density at radius 2 is 2.31 bits per heavy atom. The Balaban J connectivity index is 2.92. The van der Waals surface area contributed by atoms with Crippen molar-refractivity contribution >= 4 is 23.6 Å². The van der Waals surface area contributed by atoms with Gasteiger partial charge in [-0.1, -0.05) is 18.5 Å². The second-order valence-corrected chi connectivity index (χ2v) is 3.12. The number of hydrogen-bond acceptors (Lipinski definition) is 1. The van der Waals surface area contributed by atoms with E-state index in [1.165, 1.54) is 5.56 Å². The predicted octanol–water partition coefficient (Wildman–Crippen LogP) is 2.97. The van der Waals surface area contributed by atoms with E-state index in [0.29, 0.717) is 0 Å². The normalized spacial score (nSPS) is 10.7. The fraction of sp³-hybridized carbons (Fsp3) is 0.300. The highest BCUT2D eigenvalue weighted by atomic mass is 35.5. The van der Waals surface area contributed by atoms with Crippen LogP contribution in [0.15, 0.2) is 23.2 Å². The molecule has 3 heteroatoms. The zero-order valence-corrected chi connectivity index (χ0v) is 8.60. The van der Waals surface area contributed by atoms with Crippen molar-refractivity contribution in [2.45, 2.75) is 13.3 Å². The summed E-state index contributed by atoms with van der Waals surface area (Å²) in [4.78, 5) is 3.86. The van der Waals surface area contributed by atoms with Gasteiger partial charge in [-0.2, -0.15) is 0 Å². The fourth-order valence-electron chi connectivity index (χ4n) is 1.13. The van der Waals surface area contributed by atoms with Gasteiger partial charge in [0.05, 0.1) is 6.34 Å². The summed E-state index contributed by atoms with van der Waals surface area (Å²) in [6, 6.07) is 5.79. The first-order valence-electron chi connectivity index (χ1n) is 4.23. The summed E-state index contributed by atoms with van der Waals surface area (Å²) in [6.45, 7) is 2.10. The smallest absolute Gasteiger partial charge is 0.0864 e. The van der Waals surface area contributed by atoms with Crippen LogP contribution in [0.3, 0.4) is 0 Å². The van der Waals surface area contributed by atoms with Crippen LogP contribution in [0.1, 0.15) is 12.5 Å². The van der Waals surface area contributed by atoms with Gasteiger partial charge in [-0.05, 0) is 30.2 Å². The molecule has 0 aliphatic rings. The fourth-order valence-corrected chi connectivity index (χ4v) is 1.32. The van der Waals surface area contributed by atoms with Crippen molar-refractivity contribution in [3.8, 4) is 0 Å². The van der Waals surface area contributed by atoms with Crippen molar-refractivity contribution < 1.29 is 0 Å². The third kappa shape index (κ3) is 2.74. The Hall–Kier alpha value is -1.02. The molecule has 1 N–H and O–H groups in total. The molecule has 0 heterocycles. The van der Waals surface area contributed by atoms with Crippen LogP contribution in [0.5, 0.6) is 0 Å². The molecule has 0 amide bonds. The quantitative estimate of drug-likeness (QED) is 0.584. The molecule has 0 saturated carbocycles. The van der Waals surface area contributed by atoms with E-state index in [1.54, 1.807) is 13.4 Å². The Morgan fingerprint density at radius 1 is 1.54 bits per heavy atom. The minimum Gasteiger partial charge on any atom is -0.347 e. The number of aryl methyl sites for hydroxylation is 1. The molecule has 0 saturated heterocycles. The van der Waals surface area contributed by atoms with Gasteiger partial charge >= 0.3 is 0 Å². The Kier molecular flexibility index (Phi) is 3.77. The van der Waals surface area contributed by atoms with E-state index in [0.717, 1.165) is 17.1 Å². The van der Waals surface area contributed by atoms with Gasteiger partial charge in [-0.15, -0.1) is 0 Å². The highest BCUT2D eigenvalue weighted by Crippen LogP contribution is 2.20. The van der Waals surface area contributed by atoms with Crippen LogP contribution in [0.4, 0.5) is 5.69 Å². The summed E-state index contributed by atoms with van der Waals surface area (Å²) in [5.74, 6) is 0. The summed E-state index contributed by atoms with van der Waals surface area (Å²) in [7, 11) is 1.73. The lowest BCUT2D eigenvalue weighted by Crippen LogP contribution is -1.98. The first kappa shape index (κ1) is 10.1. The first-order chi connectivity index (χ1) is 6.27. The molecule has 0 spiro atoms. The Morgan fingerprint density at radius 3 is 2.92 bits per heavy atom. The SMILES string of the molecule is CCc1cc(Cl)ccc1NC=NC. The maximum atomic E-state index is 5.87. The lowest BCUT2D eigenvalue weighted by Gasteiger charge is -2.06. The molecule has 1 rings (SSSR count). The second-order valence-electron chi connectivity index (χ2n) is 2.69. The molecular weight excluding hydrogens is 184 g/mol. The van der Waals surface area contributed by atoms with Crippen molar-refractivity contribution in [1.29, 1.82) is 0 Å². The van der Waals surface area contributed by atoms with Crippen LogP contribution in [0.2, 0.25) is 5.02 Å². The standard InChI is InChI=1S/C10H13ClN2/c1-3-8-6-9(11)4-5-10(8)13-7-12-2/h4-7H,3H2,1-2H3,(H,12,13). The molecule has 0 aromatic heterocycles. The second kappa shape index (κ2) is 4.87. The highest BCUT2D eigenvalue weighted by Gasteiger charge is 1.99. The number of anilines is 1. The summed E-state index contributed by atoms with van der Waals surface area (Å²) < 4.78 is 0. The average Bonchev–Trinajstić information content (AvgIpc) is 2.16. The van der Waals surface area contributed by atoms with E-state index >= 15 is 0 Å². The van der Waals surface area contributed by atoms with Crippen LogP contribution >= 0.6 is 11.6 Å². The number of aliphatic imine (C=N–C) groups is 1. The minimum atomic E-state index is 0.774. The van der Waals surface area contributed by atoms with Crippen LogP contribution in [-0.2, 0) is 6.42 Å². The van der Waals surface area contributed by atoms with E-state index in [2.05, 4.69) is 17.2 Å². The molecule has 2 nitrogen and oxygen atoms in total. The Labute approximate surface area is 83.6 Å². The number of benzene rings is 1. The van der Waals surface area contributed by atoms with Crippen LogP contribution in [0.25, 0.3) is 0 Å². The summed E-state index contributed by atoms with van der Waals surface area (Å²) >= 11 is 5.87. The molecule has 13 heavy (non-hydrogen) atoms. The number of rotatable bonds is 3. The van der Waals surface area contributed by atoms with Gasteiger partial charge in [-0.3, -0.25) is 4.99 Å². The maximum Gasteiger partial charge on any atom is 0.0864 e. The molecule has 0 radical (unpaired) electrons. The zero-order chi connectivity index (χ0) is 9.68. The van der Waals surface area contributed by atoms with Crippen LogP contribution in [0, 0.1) is 0 Å². The first-order valence-corrected chi connectivity index (χ1v) is 4.61. The van der Waals surface area contributed by atoms with Gasteiger partial charge in [0.25, 0.3) is 0 Å². The van der Waals surface area contributed by atoms with Crippen LogP contribution in [-0.4, -0.2) is 13.4 Å². The van der Waals surface area contributed by atoms with Crippen molar-refractivity contribution in [1.82, 2.24) is 0 Å². The largest absolute Gasteiger partial charge is 0.347 e. The molecule has 70 valence electrons. The van der Waals surface area contributed by atoms with Gasteiger partial charge in [0.1, 0.15) is 0 Å². The van der Waals surface area contributed by atoms with Gasteiger partial charge in [0, 0.05) is 17.8 Å². The lowest BCUT2D eigenvalue weighted by atomic mass is 10.1. The third-order valence-corrected chi connectivity index (χ3v) is 2.03. The van der Waals surface area contributed by atoms with Crippen LogP contribution < -0.4 is 5.32 Å². The summed E-state index contributed by atoms with van der Waals surface area (Å²) in [5.41, 5.74) is 2.27. The van der Waals surface area contributed by atoms with Crippen molar-refractivity contribution in [2.75, 3.05) is 12.4 Å². The molecule has 0 aliphatic carbocycles. The third-order valence-electron chi connectivity index (χ3n) is 1.80. The number of halogens is 1. The molecular formula is C10H13ClN2. The molecule has 1 aromatic carbocycles. The van der Waals surface area contributed by atoms with Gasteiger partial charge in [-0.25, -0.2) is 0 Å². The predicted molar refractivity (Wildman–Crippen MR) is 58.9 cm³/mol. The lowest BCUT2D eigenvalue weighted by molar-refractivity contribution is 1.14. The van der Waals surface area contributed by atoms with Gasteiger partial charge < -0.3 is 5.32 Å². The van der Waals surface area contributed by atoms with Crippen molar-refractivity contribution in [3.05, 3.63) is 28.8 Å². The van der Waals surface area contributed by atoms with Crippen molar-refractivity contribution in [3.63, 3.8) is 0 Å². The maximum absolute atomic E-state index is 5.87. The molecule has 1 aromatic rings. The van der Waals surface area contributed by atoms with Gasteiger partial charge in [0.15, 0.2) is 0 Å². The van der Waals surface area contributed by atoms with Gasteiger partial charge in [0.2, 0.25) is 0 Å². The average molecular weight is 197 g/mol. The molecule has 0 unspecified atom stereocenters. The van der Waals surface area contributed by atoms with E-state index in [9.17, 15) is 0 Å². The molecule has 0 aliphatic heterocycles. The number of hydrogen-bond donors (Lipinski definition) is 1. The van der Waals surface area contributed by atoms with E-state index < -0.39 is 0 Å². The Bertz CT molecular complexity index is 308. The molecule has 0 atom stereocenters. The monoisotopic (exact) mass is 196 g/mol. The number of nitrogens with one attached hydrogen (secondary N) is 1. The van der Waals surface area contributed by atoms with Crippen molar-refractivity contribution in [2.24, 2.45) is 4.99 Å². The van der Waals surface area contributed by atoms with E-state index in [-0.39, 0.29) is 0 Å². The highest BCUT2D eigenvalue weighted by molar-refractivity contribution is 6.30. The molecule has 0 bridgehead atoms. The summed E-state index contributed by atoms with van der Waals surface area (Å²) in [6.07, 6.45) is 2.63. The summed E-state index contributed by atoms with van der Waals surface area (Å²) in [5, 5.41) is 3.86. The topological polar surface area (TPSA) is 24.4 Å². The van der Waals surface area contributed by atoms with E-state index in [1.807, 2.05) is 18.2 Å².